The summed E-state index contributed by atoms with van der Waals surface area (Å²) in [4.78, 5) is 12.8. The Morgan fingerprint density at radius 2 is 1.59 bits per heavy atom. The van der Waals surface area contributed by atoms with Gasteiger partial charge in [0.05, 0.1) is 12.7 Å². The molecule has 9 heteroatoms. The van der Waals surface area contributed by atoms with Gasteiger partial charge in [0, 0.05) is 30.8 Å². The average Bonchev–Trinajstić information content (AvgIpc) is 2.82. The van der Waals surface area contributed by atoms with E-state index in [1.807, 2.05) is 0 Å². The fourth-order valence-corrected chi connectivity index (χ4v) is 3.19. The summed E-state index contributed by atoms with van der Waals surface area (Å²) in [5.41, 5.74) is 6.19. The van der Waals surface area contributed by atoms with E-state index in [9.17, 15) is 13.6 Å². The van der Waals surface area contributed by atoms with Crippen molar-refractivity contribution in [2.24, 2.45) is 5.73 Å². The number of nitrogens with one attached hydrogen (secondary N) is 2. The van der Waals surface area contributed by atoms with Crippen LogP contribution in [0.3, 0.4) is 0 Å². The molecule has 3 aromatic carbocycles. The molecule has 34 heavy (non-hydrogen) atoms. The van der Waals surface area contributed by atoms with E-state index >= 15 is 0 Å². The van der Waals surface area contributed by atoms with Crippen molar-refractivity contribution in [1.82, 2.24) is 5.32 Å². The van der Waals surface area contributed by atoms with E-state index < -0.39 is 29.2 Å². The molecule has 3 rings (SSSR count). The van der Waals surface area contributed by atoms with Crippen LogP contribution in [0.25, 0.3) is 0 Å². The minimum Gasteiger partial charge on any atom is -0.497 e. The van der Waals surface area contributed by atoms with Crippen LogP contribution < -0.4 is 20.5 Å². The molecule has 0 bridgehead atoms. The molecule has 178 valence electrons. The quantitative estimate of drug-likeness (QED) is 0.301. The molecule has 1 atom stereocenters. The SMILES string of the molecule is CCO[C@H](C(=O)NCc1ccc(C(=N)N)cc1)c1c(F)cc(Oc2ccc(OC)cc2)cc1F. The number of hydrogen-bond acceptors (Lipinski definition) is 5. The van der Waals surface area contributed by atoms with E-state index in [1.165, 1.54) is 7.11 Å². The lowest BCUT2D eigenvalue weighted by Crippen LogP contribution is -2.31. The number of rotatable bonds is 10. The minimum absolute atomic E-state index is 0.0639. The number of carbonyl (C=O) groups excluding carboxylic acids is 1. The molecule has 0 fully saturated rings. The normalized spacial score (nSPS) is 11.5. The van der Waals surface area contributed by atoms with Crippen molar-refractivity contribution < 1.29 is 27.8 Å². The van der Waals surface area contributed by atoms with Crippen LogP contribution in [0.1, 0.15) is 29.7 Å². The summed E-state index contributed by atoms with van der Waals surface area (Å²) in [6.07, 6.45) is -1.49. The molecule has 7 nitrogen and oxygen atoms in total. The van der Waals surface area contributed by atoms with Crippen LogP contribution in [0, 0.1) is 17.0 Å². The van der Waals surface area contributed by atoms with E-state index in [2.05, 4.69) is 5.32 Å². The van der Waals surface area contributed by atoms with Crippen LogP contribution in [-0.2, 0) is 16.1 Å². The van der Waals surface area contributed by atoms with Gasteiger partial charge in [-0.3, -0.25) is 10.2 Å². The molecule has 0 radical (unpaired) electrons. The van der Waals surface area contributed by atoms with Gasteiger partial charge in [-0.05, 0) is 36.8 Å². The first-order chi connectivity index (χ1) is 16.3. The standard InChI is InChI=1S/C25H25F2N3O4/c1-3-33-23(25(31)30-14-15-4-6-16(7-5-15)24(28)29)22-20(26)12-19(13-21(22)27)34-18-10-8-17(32-2)9-11-18/h4-13,23H,3,14H2,1-2H3,(H3,28,29)(H,30,31)/t23-/m0/s1. The Morgan fingerprint density at radius 1 is 1.00 bits per heavy atom. The van der Waals surface area contributed by atoms with Gasteiger partial charge < -0.3 is 25.3 Å². The third-order valence-corrected chi connectivity index (χ3v) is 4.91. The smallest absolute Gasteiger partial charge is 0.254 e. The Morgan fingerprint density at radius 3 is 2.12 bits per heavy atom. The molecule has 4 N–H and O–H groups in total. The number of methoxy groups -OCH3 is 1. The number of halogens is 2. The second-order valence-corrected chi connectivity index (χ2v) is 7.24. The highest BCUT2D eigenvalue weighted by atomic mass is 19.1. The lowest BCUT2D eigenvalue weighted by atomic mass is 10.1. The molecule has 3 aromatic rings. The topological polar surface area (TPSA) is 107 Å². The Labute approximate surface area is 196 Å². The predicted molar refractivity (Wildman–Crippen MR) is 123 cm³/mol. The highest BCUT2D eigenvalue weighted by Gasteiger charge is 2.28. The second kappa shape index (κ2) is 11.2. The number of nitrogen functional groups attached to an aromatic ring is 1. The summed E-state index contributed by atoms with van der Waals surface area (Å²) in [6.45, 7) is 1.79. The highest BCUT2D eigenvalue weighted by Crippen LogP contribution is 2.31. The summed E-state index contributed by atoms with van der Waals surface area (Å²) < 4.78 is 45.8. The molecular weight excluding hydrogens is 444 g/mol. The number of amides is 1. The molecule has 0 aliphatic rings. The van der Waals surface area contributed by atoms with Crippen LogP contribution in [0.4, 0.5) is 8.78 Å². The van der Waals surface area contributed by atoms with Gasteiger partial charge in [-0.2, -0.15) is 0 Å². The number of carbonyl (C=O) groups is 1. The molecule has 0 heterocycles. The largest absolute Gasteiger partial charge is 0.497 e. The predicted octanol–water partition coefficient (Wildman–Crippen LogP) is 4.44. The van der Waals surface area contributed by atoms with Gasteiger partial charge in [0.25, 0.3) is 5.91 Å². The zero-order valence-corrected chi connectivity index (χ0v) is 18.7. The number of nitrogens with two attached hydrogens (primary N) is 1. The third-order valence-electron chi connectivity index (χ3n) is 4.91. The third kappa shape index (κ3) is 6.08. The Hall–Kier alpha value is -3.98. The van der Waals surface area contributed by atoms with Gasteiger partial charge in [0.2, 0.25) is 0 Å². The van der Waals surface area contributed by atoms with Crippen molar-refractivity contribution in [2.75, 3.05) is 13.7 Å². The Bertz CT molecular complexity index is 1130. The molecule has 0 aliphatic carbocycles. The maximum atomic E-state index is 14.9. The second-order valence-electron chi connectivity index (χ2n) is 7.24. The fourth-order valence-electron chi connectivity index (χ4n) is 3.19. The maximum absolute atomic E-state index is 14.9. The van der Waals surface area contributed by atoms with Crippen LogP contribution >= 0.6 is 0 Å². The summed E-state index contributed by atoms with van der Waals surface area (Å²) in [5.74, 6) is -1.80. The fraction of sp³-hybridized carbons (Fsp3) is 0.200. The summed E-state index contributed by atoms with van der Waals surface area (Å²) in [6, 6.07) is 15.2. The van der Waals surface area contributed by atoms with Crippen molar-refractivity contribution in [3.05, 3.63) is 89.0 Å². The van der Waals surface area contributed by atoms with Gasteiger partial charge in [-0.25, -0.2) is 8.78 Å². The van der Waals surface area contributed by atoms with Gasteiger partial charge in [-0.15, -0.1) is 0 Å². The lowest BCUT2D eigenvalue weighted by Gasteiger charge is -2.19. The van der Waals surface area contributed by atoms with Crippen molar-refractivity contribution in [3.8, 4) is 17.2 Å². The maximum Gasteiger partial charge on any atom is 0.254 e. The number of hydrogen-bond donors (Lipinski definition) is 3. The van der Waals surface area contributed by atoms with Gasteiger partial charge in [0.15, 0.2) is 6.10 Å². The molecular formula is C25H25F2N3O4. The highest BCUT2D eigenvalue weighted by molar-refractivity contribution is 5.94. The zero-order valence-electron chi connectivity index (χ0n) is 18.7. The van der Waals surface area contributed by atoms with E-state index in [-0.39, 0.29) is 24.7 Å². The van der Waals surface area contributed by atoms with Gasteiger partial charge in [0.1, 0.15) is 34.7 Å². The van der Waals surface area contributed by atoms with Crippen molar-refractivity contribution in [1.29, 1.82) is 5.41 Å². The Balaban J connectivity index is 1.75. The molecule has 0 saturated carbocycles. The number of ether oxygens (including phenoxy) is 3. The number of amidine groups is 1. The average molecular weight is 469 g/mol. The molecule has 0 saturated heterocycles. The van der Waals surface area contributed by atoms with Crippen LogP contribution in [0.2, 0.25) is 0 Å². The monoisotopic (exact) mass is 469 g/mol. The number of benzene rings is 3. The van der Waals surface area contributed by atoms with Crippen molar-refractivity contribution in [2.45, 2.75) is 19.6 Å². The molecule has 0 unspecified atom stereocenters. The first-order valence-electron chi connectivity index (χ1n) is 10.5. The minimum atomic E-state index is -1.49. The molecule has 1 amide bonds. The van der Waals surface area contributed by atoms with Crippen molar-refractivity contribution in [3.63, 3.8) is 0 Å². The van der Waals surface area contributed by atoms with Crippen LogP contribution in [-0.4, -0.2) is 25.5 Å². The van der Waals surface area contributed by atoms with Crippen molar-refractivity contribution >= 4 is 11.7 Å². The lowest BCUT2D eigenvalue weighted by molar-refractivity contribution is -0.133. The Kier molecular flexibility index (Phi) is 8.15. The first kappa shape index (κ1) is 24.7. The van der Waals surface area contributed by atoms with Gasteiger partial charge >= 0.3 is 0 Å². The zero-order chi connectivity index (χ0) is 24.7. The van der Waals surface area contributed by atoms with E-state index in [4.69, 9.17) is 25.4 Å². The molecule has 0 aliphatic heterocycles. The van der Waals surface area contributed by atoms with E-state index in [1.54, 1.807) is 55.5 Å². The first-order valence-corrected chi connectivity index (χ1v) is 10.5. The van der Waals surface area contributed by atoms with Crippen LogP contribution in [0.5, 0.6) is 17.2 Å². The van der Waals surface area contributed by atoms with Crippen LogP contribution in [0.15, 0.2) is 60.7 Å². The summed E-state index contributed by atoms with van der Waals surface area (Å²) >= 11 is 0. The van der Waals surface area contributed by atoms with Gasteiger partial charge in [-0.1, -0.05) is 24.3 Å². The van der Waals surface area contributed by atoms with E-state index in [0.717, 1.165) is 17.7 Å². The molecule has 0 aromatic heterocycles. The summed E-state index contributed by atoms with van der Waals surface area (Å²) in [7, 11) is 1.52. The summed E-state index contributed by atoms with van der Waals surface area (Å²) in [5, 5.41) is 10.0. The van der Waals surface area contributed by atoms with E-state index in [0.29, 0.717) is 17.1 Å². The molecule has 0 spiro atoms.